The number of carbonyl (C=O) groups excluding carboxylic acids is 1. The lowest BCUT2D eigenvalue weighted by Gasteiger charge is -2.09. The summed E-state index contributed by atoms with van der Waals surface area (Å²) in [6.07, 6.45) is 11.7. The van der Waals surface area contributed by atoms with Crippen molar-refractivity contribution in [2.75, 3.05) is 5.32 Å². The molecule has 5 aromatic heterocycles. The van der Waals surface area contributed by atoms with Crippen LogP contribution in [-0.2, 0) is 11.2 Å². The van der Waals surface area contributed by atoms with Crippen LogP contribution in [0.4, 0.5) is 5.69 Å². The lowest BCUT2D eigenvalue weighted by atomic mass is 10.0. The number of hydrogen-bond donors (Lipinski definition) is 3. The smallest absolute Gasteiger partial charge is 0.228 e. The summed E-state index contributed by atoms with van der Waals surface area (Å²) in [7, 11) is 0. The molecular weight excluding hydrogens is 715 g/mol. The number of aromatic amines is 2. The molecule has 10 rings (SSSR count). The topological polar surface area (TPSA) is 112 Å². The van der Waals surface area contributed by atoms with Gasteiger partial charge in [0.05, 0.1) is 51.8 Å². The molecule has 276 valence electrons. The van der Waals surface area contributed by atoms with Gasteiger partial charge in [0.15, 0.2) is 0 Å². The first-order chi connectivity index (χ1) is 28.6. The van der Waals surface area contributed by atoms with Gasteiger partial charge in [-0.25, -0.2) is 9.97 Å². The number of amides is 1. The molecule has 0 fully saturated rings. The molecule has 3 N–H and O–H groups in total. The Morgan fingerprint density at radius 1 is 0.466 bits per heavy atom. The van der Waals surface area contributed by atoms with Crippen LogP contribution in [0, 0.1) is 0 Å². The van der Waals surface area contributed by atoms with Gasteiger partial charge in [-0.3, -0.25) is 14.8 Å². The number of H-pyrrole nitrogens is 2. The minimum Gasteiger partial charge on any atom is -0.354 e. The molecule has 0 unspecified atom stereocenters. The van der Waals surface area contributed by atoms with Crippen LogP contribution in [0.2, 0.25) is 0 Å². The van der Waals surface area contributed by atoms with Crippen molar-refractivity contribution in [1.29, 1.82) is 0 Å². The monoisotopic (exact) mass is 749 g/mol. The summed E-state index contributed by atoms with van der Waals surface area (Å²) in [5.74, 6) is -0.192. The van der Waals surface area contributed by atoms with Gasteiger partial charge in [0.1, 0.15) is 0 Å². The van der Waals surface area contributed by atoms with Gasteiger partial charge in [-0.05, 0) is 95.1 Å². The van der Waals surface area contributed by atoms with Crippen LogP contribution in [0.5, 0.6) is 0 Å². The highest BCUT2D eigenvalue weighted by Gasteiger charge is 2.19. The molecule has 58 heavy (non-hydrogen) atoms. The molecule has 0 saturated heterocycles. The van der Waals surface area contributed by atoms with Gasteiger partial charge in [0, 0.05) is 45.6 Å². The zero-order valence-corrected chi connectivity index (χ0v) is 31.2. The SMILES string of the molecule is O=C(Cc1ccnc(-c2ccccn2)c1)Nc1c2nc(c(-c3ccccc3)c3ccc([nH]3)c(-c3ccccc3)c3nc(c(-c4ccccc4)c4ccc1[nH]4)C=C3)C=C2. The predicted octanol–water partition coefficient (Wildman–Crippen LogP) is 11.3. The minimum atomic E-state index is -0.192. The number of pyridine rings is 2. The van der Waals surface area contributed by atoms with Gasteiger partial charge in [0.2, 0.25) is 5.91 Å². The number of hydrogen-bond acceptors (Lipinski definition) is 5. The Balaban J connectivity index is 1.22. The third-order valence-electron chi connectivity index (χ3n) is 10.3. The van der Waals surface area contributed by atoms with Crippen LogP contribution >= 0.6 is 0 Å². The van der Waals surface area contributed by atoms with E-state index < -0.39 is 0 Å². The summed E-state index contributed by atoms with van der Waals surface area (Å²) < 4.78 is 0. The van der Waals surface area contributed by atoms with Crippen molar-refractivity contribution < 1.29 is 4.79 Å². The Bertz CT molecular complexity index is 3020. The van der Waals surface area contributed by atoms with Gasteiger partial charge in [-0.1, -0.05) is 97.1 Å². The van der Waals surface area contributed by atoms with Crippen molar-refractivity contribution in [3.05, 3.63) is 186 Å². The van der Waals surface area contributed by atoms with Crippen molar-refractivity contribution in [3.8, 4) is 44.8 Å². The zero-order valence-electron chi connectivity index (χ0n) is 31.2. The Morgan fingerprint density at radius 3 is 1.47 bits per heavy atom. The summed E-state index contributed by atoms with van der Waals surface area (Å²) in [4.78, 5) is 41.0. The van der Waals surface area contributed by atoms with Crippen LogP contribution in [0.3, 0.4) is 0 Å². The maximum atomic E-state index is 14.1. The summed E-state index contributed by atoms with van der Waals surface area (Å²) in [5.41, 5.74) is 15.2. The van der Waals surface area contributed by atoms with Crippen LogP contribution in [0.15, 0.2) is 158 Å². The Morgan fingerprint density at radius 2 is 0.931 bits per heavy atom. The molecule has 0 saturated carbocycles. The summed E-state index contributed by atoms with van der Waals surface area (Å²) in [6.45, 7) is 0. The molecule has 2 aliphatic heterocycles. The van der Waals surface area contributed by atoms with Crippen molar-refractivity contribution in [1.82, 2.24) is 29.9 Å². The molecule has 3 aromatic carbocycles. The highest BCUT2D eigenvalue weighted by atomic mass is 16.1. The fraction of sp³-hybridized carbons (Fsp3) is 0.0200. The van der Waals surface area contributed by atoms with E-state index in [9.17, 15) is 4.79 Å². The fourth-order valence-electron chi connectivity index (χ4n) is 7.67. The average Bonchev–Trinajstić information content (AvgIpc) is 4.12. The van der Waals surface area contributed by atoms with E-state index >= 15 is 0 Å². The van der Waals surface area contributed by atoms with Gasteiger partial charge in [0.25, 0.3) is 0 Å². The number of fused-ring (bicyclic) bond motifs is 8. The molecule has 8 aromatic rings. The number of nitrogens with zero attached hydrogens (tertiary/aromatic N) is 4. The highest BCUT2D eigenvalue weighted by molar-refractivity contribution is 6.03. The lowest BCUT2D eigenvalue weighted by Crippen LogP contribution is -2.15. The molecule has 0 radical (unpaired) electrons. The zero-order chi connectivity index (χ0) is 38.8. The van der Waals surface area contributed by atoms with Gasteiger partial charge in [-0.2, -0.15) is 0 Å². The van der Waals surface area contributed by atoms with Gasteiger partial charge >= 0.3 is 0 Å². The molecule has 7 heterocycles. The van der Waals surface area contributed by atoms with E-state index in [0.717, 1.165) is 78.3 Å². The number of carbonyl (C=O) groups is 1. The van der Waals surface area contributed by atoms with E-state index in [2.05, 4.69) is 98.1 Å². The molecule has 8 bridgehead atoms. The van der Waals surface area contributed by atoms with E-state index in [1.54, 1.807) is 12.4 Å². The van der Waals surface area contributed by atoms with Crippen molar-refractivity contribution in [2.24, 2.45) is 0 Å². The molecule has 0 atom stereocenters. The highest BCUT2D eigenvalue weighted by Crippen LogP contribution is 2.37. The fourth-order valence-corrected chi connectivity index (χ4v) is 7.67. The Labute approximate surface area is 334 Å². The molecular formula is C50H35N7O. The maximum absolute atomic E-state index is 14.1. The minimum absolute atomic E-state index is 0.126. The first-order valence-electron chi connectivity index (χ1n) is 19.1. The van der Waals surface area contributed by atoms with E-state index in [4.69, 9.17) is 9.97 Å². The summed E-state index contributed by atoms with van der Waals surface area (Å²) in [5, 5.41) is 3.26. The Kier molecular flexibility index (Phi) is 8.89. The standard InChI is InChI=1S/C50H35N7O/c58-46(31-32-27-29-52-45(30-32)36-18-10-11-28-51-36)57-50-43-25-23-41(55-43)48(34-14-6-2-7-15-34)39-21-19-37(53-39)47(33-12-4-1-5-13-33)38-20-22-40(54-38)49(35-16-8-3-9-17-35)42-24-26-44(50)56-42/h1-30,53,56H,31H2,(H,57,58). The molecule has 0 aliphatic carbocycles. The third kappa shape index (κ3) is 6.69. The molecule has 2 aliphatic rings. The normalized spacial score (nSPS) is 11.8. The van der Waals surface area contributed by atoms with Gasteiger partial charge < -0.3 is 15.3 Å². The second kappa shape index (κ2) is 14.9. The van der Waals surface area contributed by atoms with E-state index in [1.807, 2.05) is 97.1 Å². The molecule has 8 nitrogen and oxygen atoms in total. The first kappa shape index (κ1) is 34.5. The van der Waals surface area contributed by atoms with Crippen molar-refractivity contribution >= 4 is 58.0 Å². The summed E-state index contributed by atoms with van der Waals surface area (Å²) in [6, 6.07) is 48.6. The predicted molar refractivity (Wildman–Crippen MR) is 235 cm³/mol. The van der Waals surface area contributed by atoms with Crippen LogP contribution in [0.1, 0.15) is 28.3 Å². The maximum Gasteiger partial charge on any atom is 0.228 e. The van der Waals surface area contributed by atoms with Crippen LogP contribution < -0.4 is 5.32 Å². The first-order valence-corrected chi connectivity index (χ1v) is 19.1. The number of rotatable bonds is 7. The van der Waals surface area contributed by atoms with Crippen LogP contribution in [0.25, 0.3) is 91.1 Å². The number of aromatic nitrogens is 6. The average molecular weight is 750 g/mol. The molecule has 8 heteroatoms. The van der Waals surface area contributed by atoms with Crippen molar-refractivity contribution in [3.63, 3.8) is 0 Å². The second-order valence-corrected chi connectivity index (χ2v) is 14.1. The number of anilines is 1. The summed E-state index contributed by atoms with van der Waals surface area (Å²) >= 11 is 0. The quantitative estimate of drug-likeness (QED) is 0.150. The Hall–Kier alpha value is -7.97. The van der Waals surface area contributed by atoms with E-state index in [-0.39, 0.29) is 12.3 Å². The molecule has 1 amide bonds. The number of nitrogens with one attached hydrogen (secondary N) is 3. The largest absolute Gasteiger partial charge is 0.354 e. The van der Waals surface area contributed by atoms with Crippen LogP contribution in [-0.4, -0.2) is 35.8 Å². The van der Waals surface area contributed by atoms with Crippen molar-refractivity contribution in [2.45, 2.75) is 6.42 Å². The second-order valence-electron chi connectivity index (χ2n) is 14.1. The number of benzene rings is 3. The van der Waals surface area contributed by atoms with E-state index in [1.165, 1.54) is 0 Å². The van der Waals surface area contributed by atoms with Gasteiger partial charge in [-0.15, -0.1) is 0 Å². The van der Waals surface area contributed by atoms with E-state index in [0.29, 0.717) is 22.6 Å². The lowest BCUT2D eigenvalue weighted by molar-refractivity contribution is -0.115. The molecule has 0 spiro atoms. The third-order valence-corrected chi connectivity index (χ3v) is 10.3.